The Bertz CT molecular complexity index is 535. The minimum atomic E-state index is -3.58. The van der Waals surface area contributed by atoms with E-state index in [-0.39, 0.29) is 0 Å². The van der Waals surface area contributed by atoms with Crippen molar-refractivity contribution in [3.05, 3.63) is 35.9 Å². The second kappa shape index (κ2) is 5.71. The highest BCUT2D eigenvalue weighted by atomic mass is 32.2. The van der Waals surface area contributed by atoms with Crippen molar-refractivity contribution in [3.63, 3.8) is 0 Å². The SMILES string of the molecule is O=C(O)C(NS(=O)(=O)C1CCCC1)c1ccccc1. The Hall–Kier alpha value is -1.40. The van der Waals surface area contributed by atoms with Crippen molar-refractivity contribution < 1.29 is 18.3 Å². The highest BCUT2D eigenvalue weighted by Gasteiger charge is 2.33. The number of aliphatic carboxylic acids is 1. The van der Waals surface area contributed by atoms with Crippen molar-refractivity contribution in [2.45, 2.75) is 37.0 Å². The molecule has 0 aromatic heterocycles. The van der Waals surface area contributed by atoms with Crippen molar-refractivity contribution in [3.8, 4) is 0 Å². The first-order valence-corrected chi connectivity index (χ1v) is 7.84. The van der Waals surface area contributed by atoms with Crippen LogP contribution in [0.1, 0.15) is 37.3 Å². The minimum Gasteiger partial charge on any atom is -0.480 e. The van der Waals surface area contributed by atoms with E-state index in [0.29, 0.717) is 18.4 Å². The third-order valence-corrected chi connectivity index (χ3v) is 5.32. The van der Waals surface area contributed by atoms with Crippen LogP contribution in [0.25, 0.3) is 0 Å². The van der Waals surface area contributed by atoms with Gasteiger partial charge in [-0.25, -0.2) is 8.42 Å². The summed E-state index contributed by atoms with van der Waals surface area (Å²) in [5.74, 6) is -1.19. The molecule has 1 atom stereocenters. The molecule has 1 unspecified atom stereocenters. The van der Waals surface area contributed by atoms with Crippen LogP contribution in [0.4, 0.5) is 0 Å². The van der Waals surface area contributed by atoms with Gasteiger partial charge in [-0.3, -0.25) is 4.79 Å². The fraction of sp³-hybridized carbons (Fsp3) is 0.462. The zero-order chi connectivity index (χ0) is 13.9. The molecule has 0 spiro atoms. The zero-order valence-electron chi connectivity index (χ0n) is 10.5. The fourth-order valence-electron chi connectivity index (χ4n) is 2.37. The molecule has 1 aliphatic rings. The number of carboxylic acid groups (broad SMARTS) is 1. The number of nitrogens with one attached hydrogen (secondary N) is 1. The van der Waals surface area contributed by atoms with Gasteiger partial charge in [0, 0.05) is 0 Å². The number of carbonyl (C=O) groups is 1. The molecule has 0 amide bonds. The number of benzene rings is 1. The van der Waals surface area contributed by atoms with Crippen molar-refractivity contribution in [2.75, 3.05) is 0 Å². The van der Waals surface area contributed by atoms with E-state index in [1.165, 1.54) is 0 Å². The van der Waals surface area contributed by atoms with Gasteiger partial charge in [0.2, 0.25) is 10.0 Å². The molecule has 0 bridgehead atoms. The minimum absolute atomic E-state index is 0.441. The lowest BCUT2D eigenvalue weighted by atomic mass is 10.1. The summed E-state index contributed by atoms with van der Waals surface area (Å²) in [6.07, 6.45) is 2.98. The van der Waals surface area contributed by atoms with Crippen molar-refractivity contribution in [1.82, 2.24) is 4.72 Å². The molecule has 5 nitrogen and oxygen atoms in total. The molecule has 104 valence electrons. The quantitative estimate of drug-likeness (QED) is 0.861. The molecule has 2 rings (SSSR count). The molecule has 19 heavy (non-hydrogen) atoms. The standard InChI is InChI=1S/C13H17NO4S/c15-13(16)12(10-6-2-1-3-7-10)14-19(17,18)11-8-4-5-9-11/h1-3,6-7,11-12,14H,4-5,8-9H2,(H,15,16). The van der Waals surface area contributed by atoms with Crippen molar-refractivity contribution >= 4 is 16.0 Å². The summed E-state index contributed by atoms with van der Waals surface area (Å²) in [7, 11) is -3.58. The van der Waals surface area contributed by atoms with Gasteiger partial charge in [0.05, 0.1) is 5.25 Å². The topological polar surface area (TPSA) is 83.5 Å². The van der Waals surface area contributed by atoms with Crippen LogP contribution in [-0.2, 0) is 14.8 Å². The van der Waals surface area contributed by atoms with Gasteiger partial charge in [-0.15, -0.1) is 0 Å². The van der Waals surface area contributed by atoms with E-state index in [4.69, 9.17) is 0 Å². The first kappa shape index (κ1) is 14.0. The molecule has 0 heterocycles. The van der Waals surface area contributed by atoms with Crippen molar-refractivity contribution in [2.24, 2.45) is 0 Å². The second-order valence-electron chi connectivity index (χ2n) is 4.75. The van der Waals surface area contributed by atoms with Crippen LogP contribution < -0.4 is 4.72 Å². The van der Waals surface area contributed by atoms with E-state index in [0.717, 1.165) is 12.8 Å². The Morgan fingerprint density at radius 3 is 2.32 bits per heavy atom. The monoisotopic (exact) mass is 283 g/mol. The molecule has 1 aromatic carbocycles. The summed E-state index contributed by atoms with van der Waals surface area (Å²) in [6.45, 7) is 0. The van der Waals surface area contributed by atoms with Crippen LogP contribution in [0.15, 0.2) is 30.3 Å². The van der Waals surface area contributed by atoms with Crippen LogP contribution >= 0.6 is 0 Å². The lowest BCUT2D eigenvalue weighted by Crippen LogP contribution is -2.38. The van der Waals surface area contributed by atoms with Crippen LogP contribution in [0.5, 0.6) is 0 Å². The van der Waals surface area contributed by atoms with E-state index in [1.807, 2.05) is 0 Å². The third kappa shape index (κ3) is 3.33. The van der Waals surface area contributed by atoms with Gasteiger partial charge in [-0.1, -0.05) is 43.2 Å². The van der Waals surface area contributed by atoms with E-state index in [1.54, 1.807) is 30.3 Å². The maximum atomic E-state index is 12.1. The highest BCUT2D eigenvalue weighted by molar-refractivity contribution is 7.90. The Kier molecular flexibility index (Phi) is 4.21. The van der Waals surface area contributed by atoms with Crippen molar-refractivity contribution in [1.29, 1.82) is 0 Å². The average molecular weight is 283 g/mol. The predicted molar refractivity (Wildman–Crippen MR) is 71.1 cm³/mol. The van der Waals surface area contributed by atoms with Crippen LogP contribution in [0.2, 0.25) is 0 Å². The maximum Gasteiger partial charge on any atom is 0.326 e. The Balaban J connectivity index is 2.20. The number of sulfonamides is 1. The number of hydrogen-bond donors (Lipinski definition) is 2. The number of rotatable bonds is 5. The van der Waals surface area contributed by atoms with Gasteiger partial charge in [0.15, 0.2) is 0 Å². The van der Waals surface area contributed by atoms with E-state index in [2.05, 4.69) is 4.72 Å². The van der Waals surface area contributed by atoms with E-state index >= 15 is 0 Å². The molecule has 0 saturated heterocycles. The first-order chi connectivity index (χ1) is 9.00. The van der Waals surface area contributed by atoms with Crippen LogP contribution in [0, 0.1) is 0 Å². The Morgan fingerprint density at radius 1 is 1.21 bits per heavy atom. The summed E-state index contributed by atoms with van der Waals surface area (Å²) in [6, 6.07) is 7.14. The van der Waals surface area contributed by atoms with Gasteiger partial charge in [-0.2, -0.15) is 4.72 Å². The molecule has 1 aromatic rings. The average Bonchev–Trinajstić information content (AvgIpc) is 2.91. The molecule has 6 heteroatoms. The Morgan fingerprint density at radius 2 is 1.79 bits per heavy atom. The molecular weight excluding hydrogens is 266 g/mol. The largest absolute Gasteiger partial charge is 0.480 e. The molecular formula is C13H17NO4S. The smallest absolute Gasteiger partial charge is 0.326 e. The van der Waals surface area contributed by atoms with Gasteiger partial charge in [-0.05, 0) is 18.4 Å². The summed E-state index contributed by atoms with van der Waals surface area (Å²) in [5, 5.41) is 8.75. The summed E-state index contributed by atoms with van der Waals surface area (Å²) in [5.41, 5.74) is 0.441. The predicted octanol–water partition coefficient (Wildman–Crippen LogP) is 1.67. The fourth-order valence-corrected chi connectivity index (χ4v) is 4.08. The molecule has 2 N–H and O–H groups in total. The summed E-state index contributed by atoms with van der Waals surface area (Å²) in [4.78, 5) is 11.3. The van der Waals surface area contributed by atoms with Gasteiger partial charge < -0.3 is 5.11 Å². The van der Waals surface area contributed by atoms with Crippen LogP contribution in [0.3, 0.4) is 0 Å². The van der Waals surface area contributed by atoms with Gasteiger partial charge in [0.25, 0.3) is 0 Å². The molecule has 0 aliphatic heterocycles. The summed E-state index contributed by atoms with van der Waals surface area (Å²) < 4.78 is 26.6. The van der Waals surface area contributed by atoms with Gasteiger partial charge >= 0.3 is 5.97 Å². The van der Waals surface area contributed by atoms with Gasteiger partial charge in [0.1, 0.15) is 6.04 Å². The molecule has 1 fully saturated rings. The highest BCUT2D eigenvalue weighted by Crippen LogP contribution is 2.26. The lowest BCUT2D eigenvalue weighted by Gasteiger charge is -2.18. The normalized spacial score (nSPS) is 18.3. The van der Waals surface area contributed by atoms with E-state index < -0.39 is 27.3 Å². The Labute approximate surface area is 112 Å². The van der Waals surface area contributed by atoms with Crippen LogP contribution in [-0.4, -0.2) is 24.7 Å². The molecule has 1 saturated carbocycles. The lowest BCUT2D eigenvalue weighted by molar-refractivity contribution is -0.139. The third-order valence-electron chi connectivity index (χ3n) is 3.40. The maximum absolute atomic E-state index is 12.1. The summed E-state index contributed by atoms with van der Waals surface area (Å²) >= 11 is 0. The number of carboxylic acids is 1. The number of hydrogen-bond acceptors (Lipinski definition) is 3. The molecule has 1 aliphatic carbocycles. The zero-order valence-corrected chi connectivity index (χ0v) is 11.3. The first-order valence-electron chi connectivity index (χ1n) is 6.29. The molecule has 0 radical (unpaired) electrons. The van der Waals surface area contributed by atoms with E-state index in [9.17, 15) is 18.3 Å². The second-order valence-corrected chi connectivity index (χ2v) is 6.74.